The van der Waals surface area contributed by atoms with Crippen LogP contribution in [0.1, 0.15) is 27.4 Å². The van der Waals surface area contributed by atoms with Crippen LogP contribution in [-0.2, 0) is 22.6 Å². The van der Waals surface area contributed by atoms with Crippen LogP contribution in [0, 0.1) is 6.92 Å². The molecule has 2 aromatic heterocycles. The van der Waals surface area contributed by atoms with Crippen LogP contribution >= 0.6 is 11.3 Å². The van der Waals surface area contributed by atoms with Crippen molar-refractivity contribution in [3.63, 3.8) is 0 Å². The van der Waals surface area contributed by atoms with Crippen LogP contribution in [0.2, 0.25) is 0 Å². The molecule has 0 radical (unpaired) electrons. The zero-order valence-electron chi connectivity index (χ0n) is 16.8. The minimum atomic E-state index is -0.389. The predicted octanol–water partition coefficient (Wildman–Crippen LogP) is 5.25. The molecule has 4 aromatic rings. The first-order valence-corrected chi connectivity index (χ1v) is 10.6. The molecule has 0 saturated carbocycles. The number of hydrogen-bond donors (Lipinski definition) is 1. The van der Waals surface area contributed by atoms with Gasteiger partial charge in [0.25, 0.3) is 5.91 Å². The Kier molecular flexibility index (Phi) is 6.24. The Bertz CT molecular complexity index is 1170. The maximum atomic E-state index is 12.3. The molecular weight excluding hydrogens is 412 g/mol. The van der Waals surface area contributed by atoms with Crippen molar-refractivity contribution in [1.29, 1.82) is 0 Å². The van der Waals surface area contributed by atoms with Crippen LogP contribution in [0.15, 0.2) is 76.5 Å². The minimum Gasteiger partial charge on any atom is -0.461 e. The smallest absolute Gasteiger partial charge is 0.312 e. The molecule has 1 amide bonds. The molecule has 0 unspecified atom stereocenters. The normalized spacial score (nSPS) is 10.6. The Labute approximate surface area is 183 Å². The molecule has 0 saturated heterocycles. The number of amides is 1. The molecule has 156 valence electrons. The van der Waals surface area contributed by atoms with Crippen LogP contribution in [0.5, 0.6) is 0 Å². The third-order valence-electron chi connectivity index (χ3n) is 4.58. The second-order valence-corrected chi connectivity index (χ2v) is 7.80. The van der Waals surface area contributed by atoms with Crippen molar-refractivity contribution < 1.29 is 18.7 Å². The minimum absolute atomic E-state index is 0.0400. The highest BCUT2D eigenvalue weighted by atomic mass is 32.1. The highest BCUT2D eigenvalue weighted by molar-refractivity contribution is 7.13. The number of thiophene rings is 1. The van der Waals surface area contributed by atoms with E-state index >= 15 is 0 Å². The number of esters is 1. The fraction of sp³-hybridized carbons (Fsp3) is 0.125. The van der Waals surface area contributed by atoms with Gasteiger partial charge in [0.15, 0.2) is 0 Å². The zero-order valence-corrected chi connectivity index (χ0v) is 17.6. The van der Waals surface area contributed by atoms with Crippen molar-refractivity contribution in [2.24, 2.45) is 0 Å². The van der Waals surface area contributed by atoms with Gasteiger partial charge < -0.3 is 14.5 Å². The number of aromatic nitrogens is 1. The molecule has 7 heteroatoms. The Balaban J connectivity index is 1.30. The Morgan fingerprint density at radius 1 is 1.03 bits per heavy atom. The number of ether oxygens (including phenoxy) is 1. The summed E-state index contributed by atoms with van der Waals surface area (Å²) in [6.07, 6.45) is 0.0400. The first-order valence-electron chi connectivity index (χ1n) is 9.69. The fourth-order valence-electron chi connectivity index (χ4n) is 2.93. The van der Waals surface area contributed by atoms with Crippen molar-refractivity contribution in [2.45, 2.75) is 20.0 Å². The van der Waals surface area contributed by atoms with Gasteiger partial charge >= 0.3 is 5.97 Å². The van der Waals surface area contributed by atoms with Gasteiger partial charge in [0, 0.05) is 11.3 Å². The van der Waals surface area contributed by atoms with Gasteiger partial charge in [-0.05, 0) is 48.2 Å². The molecule has 0 spiro atoms. The molecule has 2 aromatic carbocycles. The van der Waals surface area contributed by atoms with E-state index in [9.17, 15) is 9.59 Å². The van der Waals surface area contributed by atoms with E-state index in [2.05, 4.69) is 10.3 Å². The lowest BCUT2D eigenvalue weighted by Crippen LogP contribution is -2.12. The summed E-state index contributed by atoms with van der Waals surface area (Å²) in [5.74, 6) is 0.534. The molecule has 2 heterocycles. The van der Waals surface area contributed by atoms with Crippen LogP contribution < -0.4 is 5.32 Å². The molecule has 0 aliphatic heterocycles. The zero-order chi connectivity index (χ0) is 21.6. The van der Waals surface area contributed by atoms with Crippen molar-refractivity contribution >= 4 is 28.9 Å². The van der Waals surface area contributed by atoms with E-state index in [4.69, 9.17) is 9.15 Å². The lowest BCUT2D eigenvalue weighted by atomic mass is 10.1. The standard InChI is InChI=1S/C24H20N2O4S/c1-16-20(26-24(30-16)21-8-5-13-31-21)14-22(27)29-15-17-9-11-18(12-10-17)23(28)25-19-6-3-2-4-7-19/h2-13H,14-15H2,1H3,(H,25,28). The Hall–Kier alpha value is -3.71. The Morgan fingerprint density at radius 2 is 1.81 bits per heavy atom. The summed E-state index contributed by atoms with van der Waals surface area (Å²) in [5.41, 5.74) is 2.62. The lowest BCUT2D eigenvalue weighted by Gasteiger charge is -2.07. The van der Waals surface area contributed by atoms with E-state index in [0.29, 0.717) is 22.9 Å². The SMILES string of the molecule is Cc1oc(-c2cccs2)nc1CC(=O)OCc1ccc(C(=O)Nc2ccccc2)cc1. The van der Waals surface area contributed by atoms with Gasteiger partial charge in [0.05, 0.1) is 17.0 Å². The van der Waals surface area contributed by atoms with E-state index in [1.165, 1.54) is 11.3 Å². The number of nitrogens with zero attached hydrogens (tertiary/aromatic N) is 1. The number of oxazole rings is 1. The molecule has 0 atom stereocenters. The highest BCUT2D eigenvalue weighted by Crippen LogP contribution is 2.26. The van der Waals surface area contributed by atoms with Crippen molar-refractivity contribution in [3.05, 3.63) is 94.7 Å². The summed E-state index contributed by atoms with van der Waals surface area (Å²) in [6, 6.07) is 20.0. The topological polar surface area (TPSA) is 81.4 Å². The fourth-order valence-corrected chi connectivity index (χ4v) is 3.58. The predicted molar refractivity (Wildman–Crippen MR) is 119 cm³/mol. The first kappa shape index (κ1) is 20.6. The maximum absolute atomic E-state index is 12.3. The molecule has 0 bridgehead atoms. The van der Waals surface area contributed by atoms with Gasteiger partial charge in [0.1, 0.15) is 12.4 Å². The molecule has 0 aliphatic rings. The molecule has 0 fully saturated rings. The number of nitrogens with one attached hydrogen (secondary N) is 1. The van der Waals surface area contributed by atoms with Gasteiger partial charge in [-0.15, -0.1) is 11.3 Å². The average molecular weight is 433 g/mol. The number of hydrogen-bond acceptors (Lipinski definition) is 6. The highest BCUT2D eigenvalue weighted by Gasteiger charge is 2.16. The molecule has 6 nitrogen and oxygen atoms in total. The number of benzene rings is 2. The Morgan fingerprint density at radius 3 is 2.52 bits per heavy atom. The number of para-hydroxylation sites is 1. The molecule has 31 heavy (non-hydrogen) atoms. The van der Waals surface area contributed by atoms with Gasteiger partial charge in [-0.3, -0.25) is 9.59 Å². The summed E-state index contributed by atoms with van der Waals surface area (Å²) in [4.78, 5) is 29.9. The van der Waals surface area contributed by atoms with Crippen LogP contribution in [0.25, 0.3) is 10.8 Å². The van der Waals surface area contributed by atoms with Crippen LogP contribution in [-0.4, -0.2) is 16.9 Å². The molecular formula is C24H20N2O4S. The van der Waals surface area contributed by atoms with Gasteiger partial charge in [0.2, 0.25) is 5.89 Å². The van der Waals surface area contributed by atoms with Crippen LogP contribution in [0.4, 0.5) is 5.69 Å². The number of carbonyl (C=O) groups is 2. The second kappa shape index (κ2) is 9.40. The third kappa shape index (κ3) is 5.26. The van der Waals surface area contributed by atoms with Crippen LogP contribution in [0.3, 0.4) is 0 Å². The monoisotopic (exact) mass is 432 g/mol. The summed E-state index contributed by atoms with van der Waals surface area (Å²) < 4.78 is 11.0. The number of rotatable bonds is 7. The number of anilines is 1. The summed E-state index contributed by atoms with van der Waals surface area (Å²) in [6.45, 7) is 1.90. The number of carbonyl (C=O) groups excluding carboxylic acids is 2. The van der Waals surface area contributed by atoms with Crippen molar-refractivity contribution in [1.82, 2.24) is 4.98 Å². The van der Waals surface area contributed by atoms with E-state index in [0.717, 1.165) is 16.1 Å². The lowest BCUT2D eigenvalue weighted by molar-refractivity contribution is -0.144. The third-order valence-corrected chi connectivity index (χ3v) is 5.44. The van der Waals surface area contributed by atoms with E-state index in [-0.39, 0.29) is 24.9 Å². The number of aryl methyl sites for hydroxylation is 1. The first-order chi connectivity index (χ1) is 15.1. The summed E-state index contributed by atoms with van der Waals surface area (Å²) in [5, 5.41) is 4.78. The summed E-state index contributed by atoms with van der Waals surface area (Å²) >= 11 is 1.53. The average Bonchev–Trinajstić information content (AvgIpc) is 3.44. The van der Waals surface area contributed by atoms with Crippen molar-refractivity contribution in [3.8, 4) is 10.8 Å². The van der Waals surface area contributed by atoms with E-state index in [1.54, 1.807) is 31.2 Å². The van der Waals surface area contributed by atoms with Gasteiger partial charge in [-0.1, -0.05) is 36.4 Å². The van der Waals surface area contributed by atoms with Gasteiger partial charge in [-0.2, -0.15) is 0 Å². The summed E-state index contributed by atoms with van der Waals surface area (Å²) in [7, 11) is 0. The second-order valence-electron chi connectivity index (χ2n) is 6.85. The molecule has 0 aliphatic carbocycles. The van der Waals surface area contributed by atoms with E-state index < -0.39 is 0 Å². The largest absolute Gasteiger partial charge is 0.461 e. The molecule has 1 N–H and O–H groups in total. The quantitative estimate of drug-likeness (QED) is 0.404. The van der Waals surface area contributed by atoms with Crippen molar-refractivity contribution in [2.75, 3.05) is 5.32 Å². The van der Waals surface area contributed by atoms with E-state index in [1.807, 2.05) is 47.8 Å². The van der Waals surface area contributed by atoms with Gasteiger partial charge in [-0.25, -0.2) is 4.98 Å². The maximum Gasteiger partial charge on any atom is 0.312 e. The molecule has 4 rings (SSSR count).